The van der Waals surface area contributed by atoms with Gasteiger partial charge in [0.05, 0.1) is 13.0 Å². The lowest BCUT2D eigenvalue weighted by molar-refractivity contribution is -0.137. The number of ether oxygens (including phenoxy) is 3. The molecule has 1 aliphatic carbocycles. The number of hydrogen-bond donors (Lipinski definition) is 1. The van der Waals surface area contributed by atoms with Gasteiger partial charge in [-0.05, 0) is 54.4 Å². The Kier molecular flexibility index (Phi) is 4.92. The molecule has 0 radical (unpaired) electrons. The highest BCUT2D eigenvalue weighted by atomic mass is 16.5. The second kappa shape index (κ2) is 7.71. The molecule has 2 aliphatic heterocycles. The molecule has 1 N–H and O–H groups in total. The summed E-state index contributed by atoms with van der Waals surface area (Å²) in [5, 5.41) is 9.07. The molecule has 5 rings (SSSR count). The van der Waals surface area contributed by atoms with Crippen LogP contribution in [0.3, 0.4) is 0 Å². The number of aliphatic carboxylic acids is 1. The molecule has 0 spiro atoms. The number of hydrogen-bond acceptors (Lipinski definition) is 4. The number of carboxylic acid groups (broad SMARTS) is 1. The smallest absolute Gasteiger partial charge is 0.304 e. The molecule has 1 saturated heterocycles. The summed E-state index contributed by atoms with van der Waals surface area (Å²) < 4.78 is 17.6. The summed E-state index contributed by atoms with van der Waals surface area (Å²) >= 11 is 0. The van der Waals surface area contributed by atoms with Crippen molar-refractivity contribution in [2.75, 3.05) is 19.8 Å². The third kappa shape index (κ3) is 3.60. The highest BCUT2D eigenvalue weighted by Gasteiger charge is 2.30. The fourth-order valence-corrected chi connectivity index (χ4v) is 5.03. The molecular formula is C24H26O5. The van der Waals surface area contributed by atoms with Crippen molar-refractivity contribution in [3.63, 3.8) is 0 Å². The van der Waals surface area contributed by atoms with Gasteiger partial charge in [-0.15, -0.1) is 0 Å². The van der Waals surface area contributed by atoms with Crippen molar-refractivity contribution in [1.82, 2.24) is 0 Å². The van der Waals surface area contributed by atoms with Gasteiger partial charge in [0.2, 0.25) is 0 Å². The zero-order chi connectivity index (χ0) is 19.8. The van der Waals surface area contributed by atoms with Gasteiger partial charge in [-0.25, -0.2) is 0 Å². The normalized spacial score (nSPS) is 23.3. The Bertz CT molecular complexity index is 915. The largest absolute Gasteiger partial charge is 0.492 e. The van der Waals surface area contributed by atoms with E-state index in [0.29, 0.717) is 12.5 Å². The van der Waals surface area contributed by atoms with E-state index in [9.17, 15) is 4.79 Å². The zero-order valence-corrected chi connectivity index (χ0v) is 16.4. The molecule has 2 atom stereocenters. The predicted octanol–water partition coefficient (Wildman–Crippen LogP) is 4.60. The van der Waals surface area contributed by atoms with Crippen molar-refractivity contribution in [2.24, 2.45) is 0 Å². The second-order valence-electron chi connectivity index (χ2n) is 8.25. The quantitative estimate of drug-likeness (QED) is 0.803. The molecule has 152 valence electrons. The molecule has 2 aromatic rings. The van der Waals surface area contributed by atoms with Crippen LogP contribution in [0, 0.1) is 0 Å². The van der Waals surface area contributed by atoms with E-state index < -0.39 is 5.97 Å². The Balaban J connectivity index is 1.34. The first kappa shape index (κ1) is 18.5. The maximum atomic E-state index is 11.0. The van der Waals surface area contributed by atoms with Crippen LogP contribution in [0.4, 0.5) is 0 Å². The first-order valence-corrected chi connectivity index (χ1v) is 10.5. The van der Waals surface area contributed by atoms with Crippen molar-refractivity contribution in [3.8, 4) is 11.5 Å². The van der Waals surface area contributed by atoms with E-state index in [0.717, 1.165) is 56.0 Å². The van der Waals surface area contributed by atoms with Crippen molar-refractivity contribution in [3.05, 3.63) is 58.7 Å². The fraction of sp³-hybridized carbons (Fsp3) is 0.458. The summed E-state index contributed by atoms with van der Waals surface area (Å²) in [4.78, 5) is 11.0. The van der Waals surface area contributed by atoms with Gasteiger partial charge in [0.1, 0.15) is 17.6 Å². The lowest BCUT2D eigenvalue weighted by atomic mass is 9.87. The summed E-state index contributed by atoms with van der Waals surface area (Å²) in [6.45, 7) is 2.13. The SMILES string of the molecule is O=C(O)CC1COc2cc(O[C@@H]3CCc4c(C5CCOCC5)cccc43)ccc21. The minimum absolute atomic E-state index is 0.0547. The van der Waals surface area contributed by atoms with Gasteiger partial charge in [0.25, 0.3) is 0 Å². The maximum absolute atomic E-state index is 11.0. The molecule has 3 aliphatic rings. The Morgan fingerprint density at radius 3 is 2.72 bits per heavy atom. The topological polar surface area (TPSA) is 65.0 Å². The van der Waals surface area contributed by atoms with Gasteiger partial charge in [-0.3, -0.25) is 4.79 Å². The van der Waals surface area contributed by atoms with Crippen molar-refractivity contribution in [2.45, 2.75) is 50.0 Å². The number of carboxylic acids is 1. The van der Waals surface area contributed by atoms with E-state index >= 15 is 0 Å². The molecule has 0 saturated carbocycles. The van der Waals surface area contributed by atoms with Crippen LogP contribution in [0.15, 0.2) is 36.4 Å². The lowest BCUT2D eigenvalue weighted by Crippen LogP contribution is -2.15. The van der Waals surface area contributed by atoms with Gasteiger partial charge >= 0.3 is 5.97 Å². The van der Waals surface area contributed by atoms with Gasteiger partial charge in [0, 0.05) is 30.8 Å². The van der Waals surface area contributed by atoms with Crippen LogP contribution in [0.25, 0.3) is 0 Å². The zero-order valence-electron chi connectivity index (χ0n) is 16.4. The van der Waals surface area contributed by atoms with Crippen molar-refractivity contribution >= 4 is 5.97 Å². The highest BCUT2D eigenvalue weighted by Crippen LogP contribution is 2.43. The van der Waals surface area contributed by atoms with Gasteiger partial charge in [-0.1, -0.05) is 24.3 Å². The number of fused-ring (bicyclic) bond motifs is 2. The van der Waals surface area contributed by atoms with Crippen LogP contribution in [0.2, 0.25) is 0 Å². The van der Waals surface area contributed by atoms with E-state index in [1.807, 2.05) is 18.2 Å². The molecule has 5 nitrogen and oxygen atoms in total. The number of benzene rings is 2. The molecule has 0 bridgehead atoms. The molecule has 1 unspecified atom stereocenters. The average molecular weight is 394 g/mol. The molecule has 5 heteroatoms. The molecule has 0 aromatic heterocycles. The third-order valence-corrected chi connectivity index (χ3v) is 6.48. The Morgan fingerprint density at radius 2 is 1.90 bits per heavy atom. The monoisotopic (exact) mass is 394 g/mol. The molecule has 2 heterocycles. The summed E-state index contributed by atoms with van der Waals surface area (Å²) in [6, 6.07) is 12.5. The van der Waals surface area contributed by atoms with Crippen LogP contribution in [-0.4, -0.2) is 30.9 Å². The first-order valence-electron chi connectivity index (χ1n) is 10.5. The summed E-state index contributed by atoms with van der Waals surface area (Å²) in [6.07, 6.45) is 4.38. The van der Waals surface area contributed by atoms with E-state index in [2.05, 4.69) is 18.2 Å². The van der Waals surface area contributed by atoms with Gasteiger partial charge in [0.15, 0.2) is 0 Å². The lowest BCUT2D eigenvalue weighted by Gasteiger charge is -2.25. The first-order chi connectivity index (χ1) is 14.2. The van der Waals surface area contributed by atoms with Crippen LogP contribution in [0.1, 0.15) is 65.9 Å². The number of carbonyl (C=O) groups is 1. The summed E-state index contributed by atoms with van der Waals surface area (Å²) in [5.41, 5.74) is 5.21. The van der Waals surface area contributed by atoms with Crippen LogP contribution in [-0.2, 0) is 16.0 Å². The van der Waals surface area contributed by atoms with Gasteiger partial charge < -0.3 is 19.3 Å². The number of rotatable bonds is 5. The Labute approximate surface area is 170 Å². The standard InChI is InChI=1S/C24H26O5/c25-24(26)12-16-14-28-23-13-17(4-5-19(16)23)29-22-7-6-20-18(2-1-3-21(20)22)15-8-10-27-11-9-15/h1-5,13,15-16,22H,6-12,14H2,(H,25,26)/t16?,22-/m1/s1. The maximum Gasteiger partial charge on any atom is 0.304 e. The molecule has 1 fully saturated rings. The van der Waals surface area contributed by atoms with Crippen LogP contribution < -0.4 is 9.47 Å². The van der Waals surface area contributed by atoms with Crippen molar-refractivity contribution in [1.29, 1.82) is 0 Å². The van der Waals surface area contributed by atoms with E-state index in [-0.39, 0.29) is 18.4 Å². The highest BCUT2D eigenvalue weighted by molar-refractivity contribution is 5.68. The molecular weight excluding hydrogens is 368 g/mol. The summed E-state index contributed by atoms with van der Waals surface area (Å²) in [7, 11) is 0. The second-order valence-corrected chi connectivity index (χ2v) is 8.25. The average Bonchev–Trinajstić information content (AvgIpc) is 3.32. The fourth-order valence-electron chi connectivity index (χ4n) is 5.03. The molecule has 2 aromatic carbocycles. The Morgan fingerprint density at radius 1 is 1.07 bits per heavy atom. The molecule has 0 amide bonds. The van der Waals surface area contributed by atoms with E-state index in [4.69, 9.17) is 19.3 Å². The van der Waals surface area contributed by atoms with Crippen LogP contribution >= 0.6 is 0 Å². The van der Waals surface area contributed by atoms with E-state index in [1.54, 1.807) is 0 Å². The predicted molar refractivity (Wildman–Crippen MR) is 108 cm³/mol. The minimum Gasteiger partial charge on any atom is -0.492 e. The molecule has 29 heavy (non-hydrogen) atoms. The third-order valence-electron chi connectivity index (χ3n) is 6.48. The summed E-state index contributed by atoms with van der Waals surface area (Å²) in [5.74, 6) is 1.26. The minimum atomic E-state index is -0.797. The van der Waals surface area contributed by atoms with Crippen molar-refractivity contribution < 1.29 is 24.1 Å². The van der Waals surface area contributed by atoms with Gasteiger partial charge in [-0.2, -0.15) is 0 Å². The van der Waals surface area contributed by atoms with E-state index in [1.165, 1.54) is 16.7 Å². The Hall–Kier alpha value is -2.53. The van der Waals surface area contributed by atoms with Crippen LogP contribution in [0.5, 0.6) is 11.5 Å².